The summed E-state index contributed by atoms with van der Waals surface area (Å²) in [6.45, 7) is 2.14. The molecule has 1 atom stereocenters. The molecule has 1 heterocycles. The summed E-state index contributed by atoms with van der Waals surface area (Å²) in [6.07, 6.45) is 0.549. The van der Waals surface area contributed by atoms with Crippen molar-refractivity contribution in [2.24, 2.45) is 0 Å². The molecule has 1 saturated heterocycles. The predicted molar refractivity (Wildman–Crippen MR) is 55.1 cm³/mol. The Morgan fingerprint density at radius 1 is 1.33 bits per heavy atom. The van der Waals surface area contributed by atoms with Crippen LogP contribution in [0.25, 0.3) is 0 Å². The smallest absolute Gasteiger partial charge is 0.229 e. The van der Waals surface area contributed by atoms with Crippen LogP contribution < -0.4 is 0 Å². The summed E-state index contributed by atoms with van der Waals surface area (Å²) in [5.74, 6) is -0.363. The minimum absolute atomic E-state index is 0.0862. The van der Waals surface area contributed by atoms with Gasteiger partial charge in [0.25, 0.3) is 0 Å². The van der Waals surface area contributed by atoms with Gasteiger partial charge >= 0.3 is 0 Å². The van der Waals surface area contributed by atoms with E-state index in [4.69, 9.17) is 0 Å². The number of imide groups is 1. The first-order chi connectivity index (χ1) is 6.82. The van der Waals surface area contributed by atoms with Gasteiger partial charge in [-0.3, -0.25) is 14.5 Å². The number of likely N-dealkylation sites (N-methyl/N-ethyl adjacent to an activating group) is 1. The van der Waals surface area contributed by atoms with Crippen LogP contribution in [0.2, 0.25) is 0 Å². The summed E-state index contributed by atoms with van der Waals surface area (Å²) in [5, 5.41) is 9.99. The van der Waals surface area contributed by atoms with E-state index in [2.05, 4.69) is 0 Å². The summed E-state index contributed by atoms with van der Waals surface area (Å²) in [4.78, 5) is 25.6. The van der Waals surface area contributed by atoms with Crippen molar-refractivity contribution in [3.63, 3.8) is 0 Å². The third-order valence-corrected chi connectivity index (χ3v) is 2.31. The van der Waals surface area contributed by atoms with Crippen LogP contribution in [0.1, 0.15) is 19.8 Å². The molecule has 86 valence electrons. The fraction of sp³-hybridized carbons (Fsp3) is 0.800. The minimum atomic E-state index is -1.04. The Bertz CT molecular complexity index is 258. The number of hydrogen-bond donors (Lipinski definition) is 1. The highest BCUT2D eigenvalue weighted by Crippen LogP contribution is 2.16. The lowest BCUT2D eigenvalue weighted by molar-refractivity contribution is -0.142. The summed E-state index contributed by atoms with van der Waals surface area (Å²) < 4.78 is 0. The molecule has 5 heteroatoms. The topological polar surface area (TPSA) is 60.9 Å². The van der Waals surface area contributed by atoms with Crippen LogP contribution in [0.3, 0.4) is 0 Å². The van der Waals surface area contributed by atoms with Gasteiger partial charge in [-0.15, -0.1) is 0 Å². The Kier molecular flexibility index (Phi) is 3.46. The molecular weight excluding hydrogens is 196 g/mol. The van der Waals surface area contributed by atoms with Gasteiger partial charge in [-0.05, 0) is 21.0 Å². The van der Waals surface area contributed by atoms with E-state index in [1.807, 2.05) is 19.0 Å². The largest absolute Gasteiger partial charge is 0.387 e. The molecule has 1 rings (SSSR count). The van der Waals surface area contributed by atoms with E-state index in [9.17, 15) is 14.7 Å². The van der Waals surface area contributed by atoms with Crippen molar-refractivity contribution >= 4 is 11.8 Å². The highest BCUT2D eigenvalue weighted by molar-refractivity contribution is 6.01. The fourth-order valence-electron chi connectivity index (χ4n) is 1.87. The summed E-state index contributed by atoms with van der Waals surface area (Å²) in [6, 6.07) is 0. The molecule has 0 aromatic carbocycles. The molecule has 0 aliphatic carbocycles. The van der Waals surface area contributed by atoms with E-state index < -0.39 is 5.60 Å². The molecule has 0 bridgehead atoms. The van der Waals surface area contributed by atoms with Gasteiger partial charge in [-0.2, -0.15) is 0 Å². The Balaban J connectivity index is 2.59. The first-order valence-corrected chi connectivity index (χ1v) is 5.02. The van der Waals surface area contributed by atoms with Crippen LogP contribution in [0.4, 0.5) is 0 Å². The van der Waals surface area contributed by atoms with E-state index in [-0.39, 0.29) is 31.2 Å². The molecule has 0 spiro atoms. The maximum atomic E-state index is 11.3. The minimum Gasteiger partial charge on any atom is -0.387 e. The van der Waals surface area contributed by atoms with E-state index in [1.54, 1.807) is 6.92 Å². The lowest BCUT2D eigenvalue weighted by atomic mass is 10.1. The van der Waals surface area contributed by atoms with Crippen LogP contribution in [0.5, 0.6) is 0 Å². The zero-order chi connectivity index (χ0) is 11.6. The number of amides is 2. The number of hydrogen-bond acceptors (Lipinski definition) is 4. The van der Waals surface area contributed by atoms with Gasteiger partial charge < -0.3 is 10.0 Å². The molecule has 1 aliphatic rings. The summed E-state index contributed by atoms with van der Waals surface area (Å²) in [5.41, 5.74) is -1.04. The molecule has 2 amide bonds. The van der Waals surface area contributed by atoms with Crippen molar-refractivity contribution in [2.45, 2.75) is 25.4 Å². The molecule has 15 heavy (non-hydrogen) atoms. The fourth-order valence-corrected chi connectivity index (χ4v) is 1.87. The average Bonchev–Trinajstić information content (AvgIpc) is 2.33. The van der Waals surface area contributed by atoms with Gasteiger partial charge in [-0.25, -0.2) is 0 Å². The number of nitrogens with zero attached hydrogens (tertiary/aromatic N) is 2. The molecule has 0 saturated carbocycles. The third-order valence-electron chi connectivity index (χ3n) is 2.31. The zero-order valence-corrected chi connectivity index (χ0v) is 9.49. The lowest BCUT2D eigenvalue weighted by Gasteiger charge is -2.30. The quantitative estimate of drug-likeness (QED) is 0.638. The Morgan fingerprint density at radius 2 is 1.80 bits per heavy atom. The number of aliphatic hydroxyl groups is 1. The van der Waals surface area contributed by atoms with Crippen molar-refractivity contribution < 1.29 is 14.7 Å². The second-order valence-electron chi connectivity index (χ2n) is 4.61. The van der Waals surface area contributed by atoms with Gasteiger partial charge in [0, 0.05) is 19.4 Å². The summed E-state index contributed by atoms with van der Waals surface area (Å²) in [7, 11) is 3.67. The normalized spacial score (nSPS) is 21.3. The van der Waals surface area contributed by atoms with Gasteiger partial charge in [0.1, 0.15) is 0 Å². The van der Waals surface area contributed by atoms with E-state index in [0.29, 0.717) is 6.54 Å². The van der Waals surface area contributed by atoms with Gasteiger partial charge in [0.2, 0.25) is 11.8 Å². The highest BCUT2D eigenvalue weighted by atomic mass is 16.3. The van der Waals surface area contributed by atoms with Gasteiger partial charge in [0.05, 0.1) is 12.1 Å². The molecule has 1 aliphatic heterocycles. The number of carbonyl (C=O) groups excluding carboxylic acids is 2. The Hall–Kier alpha value is -0.940. The number of carbonyl (C=O) groups is 2. The van der Waals surface area contributed by atoms with Crippen molar-refractivity contribution in [1.29, 1.82) is 0 Å². The molecule has 5 nitrogen and oxygen atoms in total. The molecule has 0 aromatic heterocycles. The van der Waals surface area contributed by atoms with Crippen LogP contribution >= 0.6 is 0 Å². The number of likely N-dealkylation sites (tertiary alicyclic amines) is 1. The monoisotopic (exact) mass is 214 g/mol. The average molecular weight is 214 g/mol. The van der Waals surface area contributed by atoms with Crippen LogP contribution in [-0.4, -0.2) is 59.5 Å². The maximum Gasteiger partial charge on any atom is 0.229 e. The van der Waals surface area contributed by atoms with Gasteiger partial charge in [-0.1, -0.05) is 0 Å². The molecule has 1 N–H and O–H groups in total. The first-order valence-electron chi connectivity index (χ1n) is 5.02. The van der Waals surface area contributed by atoms with Crippen molar-refractivity contribution in [3.05, 3.63) is 0 Å². The summed E-state index contributed by atoms with van der Waals surface area (Å²) >= 11 is 0. The lowest BCUT2D eigenvalue weighted by Crippen LogP contribution is -2.48. The van der Waals surface area contributed by atoms with Crippen LogP contribution in [0.15, 0.2) is 0 Å². The predicted octanol–water partition coefficient (Wildman–Crippen LogP) is -0.552. The van der Waals surface area contributed by atoms with Crippen molar-refractivity contribution in [1.82, 2.24) is 9.80 Å². The zero-order valence-electron chi connectivity index (χ0n) is 9.49. The number of β-amino-alcohol motifs (C(OH)–C–C–N with tert-alkyl or cyclic N) is 1. The van der Waals surface area contributed by atoms with E-state index in [0.717, 1.165) is 4.90 Å². The van der Waals surface area contributed by atoms with Crippen LogP contribution in [0, 0.1) is 0 Å². The SMILES string of the molecule is CN(C)CC(C)(O)CN1C(=O)CCC1=O. The van der Waals surface area contributed by atoms with E-state index in [1.165, 1.54) is 0 Å². The molecule has 0 radical (unpaired) electrons. The maximum absolute atomic E-state index is 11.3. The second kappa shape index (κ2) is 4.28. The molecule has 1 unspecified atom stereocenters. The highest BCUT2D eigenvalue weighted by Gasteiger charge is 2.34. The second-order valence-corrected chi connectivity index (χ2v) is 4.61. The number of rotatable bonds is 4. The van der Waals surface area contributed by atoms with E-state index >= 15 is 0 Å². The Labute approximate surface area is 89.7 Å². The van der Waals surface area contributed by atoms with Crippen LogP contribution in [-0.2, 0) is 9.59 Å². The molecule has 1 fully saturated rings. The third kappa shape index (κ3) is 3.28. The van der Waals surface area contributed by atoms with Gasteiger partial charge in [0.15, 0.2) is 0 Å². The first kappa shape index (κ1) is 12.1. The standard InChI is InChI=1S/C10H18N2O3/c1-10(15,6-11(2)3)7-12-8(13)4-5-9(12)14/h15H,4-7H2,1-3H3. The molecular formula is C10H18N2O3. The molecule has 0 aromatic rings. The Morgan fingerprint density at radius 3 is 2.20 bits per heavy atom. The van der Waals surface area contributed by atoms with Crippen molar-refractivity contribution in [2.75, 3.05) is 27.2 Å². The van der Waals surface area contributed by atoms with Crippen molar-refractivity contribution in [3.8, 4) is 0 Å².